The summed E-state index contributed by atoms with van der Waals surface area (Å²) in [4.78, 5) is 32.4. The zero-order valence-electron chi connectivity index (χ0n) is 12.9. The third-order valence-electron chi connectivity index (χ3n) is 4.57. The molecule has 3 rings (SSSR count). The Morgan fingerprint density at radius 3 is 2.64 bits per heavy atom. The van der Waals surface area contributed by atoms with Gasteiger partial charge in [0.05, 0.1) is 5.56 Å². The van der Waals surface area contributed by atoms with Crippen molar-refractivity contribution in [2.45, 2.75) is 45.1 Å². The molecule has 1 fully saturated rings. The number of carboxylic acids is 1. The van der Waals surface area contributed by atoms with E-state index in [0.717, 1.165) is 18.4 Å². The molecular formula is C16H19N3O3. The number of carbonyl (C=O) groups excluding carboxylic acids is 1. The molecular weight excluding hydrogens is 282 g/mol. The van der Waals surface area contributed by atoms with Gasteiger partial charge in [0.25, 0.3) is 5.91 Å². The number of hydrogen-bond donors (Lipinski definition) is 2. The SMILES string of the molecule is CC(C)C1(C)N=C(c2ncc(C3CC3)cc2C(=O)O)NC1=O. The van der Waals surface area contributed by atoms with Crippen LogP contribution in [0.25, 0.3) is 0 Å². The molecule has 116 valence electrons. The highest BCUT2D eigenvalue weighted by atomic mass is 16.4. The Balaban J connectivity index is 2.05. The number of hydrogen-bond acceptors (Lipinski definition) is 4. The quantitative estimate of drug-likeness (QED) is 0.889. The van der Waals surface area contributed by atoms with Crippen molar-refractivity contribution in [2.24, 2.45) is 10.9 Å². The van der Waals surface area contributed by atoms with Crippen LogP contribution in [0.2, 0.25) is 0 Å². The summed E-state index contributed by atoms with van der Waals surface area (Å²) in [6.07, 6.45) is 3.84. The van der Waals surface area contributed by atoms with Crippen LogP contribution >= 0.6 is 0 Å². The number of aliphatic imine (C=N–C) groups is 1. The number of nitrogens with one attached hydrogen (secondary N) is 1. The standard InChI is InChI=1S/C16H19N3O3/c1-8(2)16(3)15(22)18-13(19-16)12-11(14(20)21)6-10(7-17-12)9-4-5-9/h6-9H,4-5H2,1-3H3,(H,20,21)(H,18,19,22). The van der Waals surface area contributed by atoms with Crippen molar-refractivity contribution in [2.75, 3.05) is 0 Å². The van der Waals surface area contributed by atoms with E-state index < -0.39 is 11.5 Å². The molecule has 1 unspecified atom stereocenters. The first-order valence-corrected chi connectivity index (χ1v) is 7.48. The smallest absolute Gasteiger partial charge is 0.338 e. The number of amides is 1. The van der Waals surface area contributed by atoms with E-state index in [1.165, 1.54) is 0 Å². The average Bonchev–Trinajstić information content (AvgIpc) is 3.25. The van der Waals surface area contributed by atoms with Crippen LogP contribution in [-0.4, -0.2) is 33.3 Å². The topological polar surface area (TPSA) is 91.7 Å². The molecule has 0 bridgehead atoms. The third kappa shape index (κ3) is 2.28. The molecule has 0 aromatic carbocycles. The van der Waals surface area contributed by atoms with Crippen LogP contribution in [0.5, 0.6) is 0 Å². The van der Waals surface area contributed by atoms with Gasteiger partial charge in [-0.1, -0.05) is 13.8 Å². The van der Waals surface area contributed by atoms with E-state index in [2.05, 4.69) is 15.3 Å². The molecule has 1 aromatic rings. The monoisotopic (exact) mass is 301 g/mol. The summed E-state index contributed by atoms with van der Waals surface area (Å²) in [6, 6.07) is 1.65. The third-order valence-corrected chi connectivity index (χ3v) is 4.57. The van der Waals surface area contributed by atoms with Crippen LogP contribution in [0.3, 0.4) is 0 Å². The van der Waals surface area contributed by atoms with Gasteiger partial charge in [0, 0.05) is 6.20 Å². The number of carboxylic acid groups (broad SMARTS) is 1. The summed E-state index contributed by atoms with van der Waals surface area (Å²) in [7, 11) is 0. The highest BCUT2D eigenvalue weighted by molar-refractivity contribution is 6.17. The van der Waals surface area contributed by atoms with Gasteiger partial charge in [0.15, 0.2) is 5.84 Å². The second-order valence-corrected chi connectivity index (χ2v) is 6.46. The van der Waals surface area contributed by atoms with Crippen molar-refractivity contribution in [3.05, 3.63) is 29.1 Å². The molecule has 2 heterocycles. The van der Waals surface area contributed by atoms with E-state index in [-0.39, 0.29) is 28.9 Å². The summed E-state index contributed by atoms with van der Waals surface area (Å²) in [5.41, 5.74) is 0.380. The molecule has 1 saturated carbocycles. The number of rotatable bonds is 4. The number of carbonyl (C=O) groups is 2. The van der Waals surface area contributed by atoms with Crippen molar-refractivity contribution in [3.63, 3.8) is 0 Å². The number of nitrogens with zero attached hydrogens (tertiary/aromatic N) is 2. The molecule has 1 atom stereocenters. The molecule has 6 nitrogen and oxygen atoms in total. The molecule has 0 radical (unpaired) electrons. The number of pyridine rings is 1. The fourth-order valence-corrected chi connectivity index (χ4v) is 2.52. The Morgan fingerprint density at radius 2 is 2.14 bits per heavy atom. The molecule has 22 heavy (non-hydrogen) atoms. The lowest BCUT2D eigenvalue weighted by atomic mass is 9.89. The van der Waals surface area contributed by atoms with Crippen LogP contribution in [0.1, 0.15) is 61.1 Å². The minimum atomic E-state index is -1.06. The van der Waals surface area contributed by atoms with E-state index in [0.29, 0.717) is 5.92 Å². The van der Waals surface area contributed by atoms with Crippen molar-refractivity contribution < 1.29 is 14.7 Å². The molecule has 1 aliphatic heterocycles. The normalized spacial score (nSPS) is 24.4. The second kappa shape index (κ2) is 4.90. The predicted octanol–water partition coefficient (Wildman–Crippen LogP) is 1.95. The fraction of sp³-hybridized carbons (Fsp3) is 0.500. The van der Waals surface area contributed by atoms with Gasteiger partial charge in [-0.05, 0) is 43.2 Å². The maximum atomic E-state index is 12.2. The van der Waals surface area contributed by atoms with Crippen LogP contribution in [0, 0.1) is 5.92 Å². The van der Waals surface area contributed by atoms with Crippen LogP contribution in [-0.2, 0) is 4.79 Å². The summed E-state index contributed by atoms with van der Waals surface area (Å²) in [5.74, 6) is -0.604. The van der Waals surface area contributed by atoms with Crippen LogP contribution in [0.4, 0.5) is 0 Å². The first kappa shape index (κ1) is 14.7. The average molecular weight is 301 g/mol. The second-order valence-electron chi connectivity index (χ2n) is 6.46. The van der Waals surface area contributed by atoms with Gasteiger partial charge in [-0.15, -0.1) is 0 Å². The van der Waals surface area contributed by atoms with Crippen molar-refractivity contribution >= 4 is 17.7 Å². The van der Waals surface area contributed by atoms with Gasteiger partial charge in [-0.2, -0.15) is 0 Å². The molecule has 0 saturated heterocycles. The van der Waals surface area contributed by atoms with E-state index in [9.17, 15) is 14.7 Å². The summed E-state index contributed by atoms with van der Waals surface area (Å²) < 4.78 is 0. The molecule has 1 aliphatic carbocycles. The van der Waals surface area contributed by atoms with Crippen molar-refractivity contribution in [1.82, 2.24) is 10.3 Å². The van der Waals surface area contributed by atoms with Gasteiger partial charge in [0.1, 0.15) is 11.2 Å². The molecule has 2 N–H and O–H groups in total. The summed E-state index contributed by atoms with van der Waals surface area (Å²) >= 11 is 0. The maximum absolute atomic E-state index is 12.2. The van der Waals surface area contributed by atoms with E-state index in [1.54, 1.807) is 19.2 Å². The van der Waals surface area contributed by atoms with Gasteiger partial charge in [-0.3, -0.25) is 9.78 Å². The maximum Gasteiger partial charge on any atom is 0.338 e. The van der Waals surface area contributed by atoms with E-state index in [4.69, 9.17) is 0 Å². The van der Waals surface area contributed by atoms with Gasteiger partial charge in [0.2, 0.25) is 0 Å². The lowest BCUT2D eigenvalue weighted by molar-refractivity contribution is -0.124. The highest BCUT2D eigenvalue weighted by Crippen LogP contribution is 2.40. The Labute approximate surface area is 128 Å². The zero-order chi connectivity index (χ0) is 16.1. The molecule has 6 heteroatoms. The molecule has 1 amide bonds. The highest BCUT2D eigenvalue weighted by Gasteiger charge is 2.43. The molecule has 1 aromatic heterocycles. The van der Waals surface area contributed by atoms with E-state index in [1.807, 2.05) is 13.8 Å². The van der Waals surface area contributed by atoms with Crippen LogP contribution in [0.15, 0.2) is 17.3 Å². The van der Waals surface area contributed by atoms with Gasteiger partial charge >= 0.3 is 5.97 Å². The zero-order valence-corrected chi connectivity index (χ0v) is 12.9. The number of aromatic carboxylic acids is 1. The Hall–Kier alpha value is -2.24. The van der Waals surface area contributed by atoms with Gasteiger partial charge < -0.3 is 10.4 Å². The number of amidine groups is 1. The van der Waals surface area contributed by atoms with E-state index >= 15 is 0 Å². The Morgan fingerprint density at radius 1 is 1.45 bits per heavy atom. The largest absolute Gasteiger partial charge is 0.478 e. The minimum absolute atomic E-state index is 0.00372. The fourth-order valence-electron chi connectivity index (χ4n) is 2.52. The van der Waals surface area contributed by atoms with Crippen molar-refractivity contribution in [1.29, 1.82) is 0 Å². The van der Waals surface area contributed by atoms with Gasteiger partial charge in [-0.25, -0.2) is 9.79 Å². The predicted molar refractivity (Wildman–Crippen MR) is 81.1 cm³/mol. The Kier molecular flexibility index (Phi) is 3.27. The first-order valence-electron chi connectivity index (χ1n) is 7.48. The first-order chi connectivity index (χ1) is 10.3. The summed E-state index contributed by atoms with van der Waals surface area (Å²) in [6.45, 7) is 5.57. The summed E-state index contributed by atoms with van der Waals surface area (Å²) in [5, 5.41) is 12.1. The lowest BCUT2D eigenvalue weighted by Crippen LogP contribution is -2.41. The lowest BCUT2D eigenvalue weighted by Gasteiger charge is -2.21. The van der Waals surface area contributed by atoms with Crippen LogP contribution < -0.4 is 5.32 Å². The Bertz CT molecular complexity index is 692. The number of aromatic nitrogens is 1. The minimum Gasteiger partial charge on any atom is -0.478 e. The van der Waals surface area contributed by atoms with Crippen molar-refractivity contribution in [3.8, 4) is 0 Å². The molecule has 2 aliphatic rings. The molecule has 0 spiro atoms.